The Bertz CT molecular complexity index is 1170. The quantitative estimate of drug-likeness (QED) is 0.222. The second-order valence-electron chi connectivity index (χ2n) is 8.47. The molecule has 0 aliphatic heterocycles. The first-order valence-electron chi connectivity index (χ1n) is 12.4. The van der Waals surface area contributed by atoms with Gasteiger partial charge < -0.3 is 29.0 Å². The molecule has 0 aliphatic carbocycles. The number of carbonyl (C=O) groups is 2. The Morgan fingerprint density at radius 2 is 1.51 bits per heavy atom. The third-order valence-corrected chi connectivity index (χ3v) is 6.11. The molecule has 39 heavy (non-hydrogen) atoms. The molecule has 0 heterocycles. The number of hydrogen-bond acceptors (Lipinski definition) is 6. The molecule has 0 aliphatic rings. The minimum absolute atomic E-state index is 0.198. The van der Waals surface area contributed by atoms with Gasteiger partial charge >= 0.3 is 12.1 Å². The highest BCUT2D eigenvalue weighted by Gasteiger charge is 2.18. The summed E-state index contributed by atoms with van der Waals surface area (Å²) >= 11 is 3.35. The average molecular weight is 604 g/mol. The fourth-order valence-corrected chi connectivity index (χ4v) is 3.80. The van der Waals surface area contributed by atoms with Crippen molar-refractivity contribution in [3.63, 3.8) is 0 Å². The number of aliphatic carboxylic acids is 1. The lowest BCUT2D eigenvalue weighted by molar-refractivity contribution is -0.149. The van der Waals surface area contributed by atoms with E-state index in [9.17, 15) is 19.1 Å². The Labute approximate surface area is 235 Å². The maximum atomic E-state index is 13.1. The van der Waals surface area contributed by atoms with Crippen LogP contribution in [0, 0.1) is 5.82 Å². The predicted molar refractivity (Wildman–Crippen MR) is 146 cm³/mol. The van der Waals surface area contributed by atoms with Gasteiger partial charge in [0.05, 0.1) is 19.8 Å². The molecule has 0 saturated carbocycles. The van der Waals surface area contributed by atoms with Gasteiger partial charge in [0.25, 0.3) is 0 Å². The normalized spacial score (nSPS) is 11.6. The van der Waals surface area contributed by atoms with Crippen LogP contribution < -0.4 is 9.47 Å². The summed E-state index contributed by atoms with van der Waals surface area (Å²) in [6, 6.07) is 20.0. The summed E-state index contributed by atoms with van der Waals surface area (Å²) < 4.78 is 36.2. The first-order chi connectivity index (χ1) is 18.8. The van der Waals surface area contributed by atoms with Crippen molar-refractivity contribution in [1.82, 2.24) is 4.90 Å². The van der Waals surface area contributed by atoms with Gasteiger partial charge in [0, 0.05) is 24.0 Å². The van der Waals surface area contributed by atoms with Crippen molar-refractivity contribution >= 4 is 28.0 Å². The van der Waals surface area contributed by atoms with E-state index in [4.69, 9.17) is 18.9 Å². The van der Waals surface area contributed by atoms with E-state index in [1.165, 1.54) is 17.0 Å². The molecular formula is C29H31BrFNO7. The summed E-state index contributed by atoms with van der Waals surface area (Å²) in [4.78, 5) is 25.7. The van der Waals surface area contributed by atoms with Gasteiger partial charge in [0.2, 0.25) is 0 Å². The van der Waals surface area contributed by atoms with E-state index in [-0.39, 0.29) is 45.1 Å². The highest BCUT2D eigenvalue weighted by Crippen LogP contribution is 2.18. The summed E-state index contributed by atoms with van der Waals surface area (Å²) in [5.74, 6) is -0.335. The molecule has 0 fully saturated rings. The molecule has 0 bridgehead atoms. The number of carboxylic acids is 1. The smallest absolute Gasteiger partial charge is 0.415 e. The van der Waals surface area contributed by atoms with Gasteiger partial charge in [0.1, 0.15) is 23.9 Å². The fourth-order valence-electron chi connectivity index (χ4n) is 3.54. The molecular weight excluding hydrogens is 573 g/mol. The van der Waals surface area contributed by atoms with Crippen LogP contribution in [0.15, 0.2) is 77.3 Å². The lowest BCUT2D eigenvalue weighted by Gasteiger charge is -2.22. The molecule has 8 nitrogen and oxygen atoms in total. The first-order valence-corrected chi connectivity index (χ1v) is 13.2. The van der Waals surface area contributed by atoms with Gasteiger partial charge in [-0.3, -0.25) is 0 Å². The number of hydrogen-bond donors (Lipinski definition) is 1. The van der Waals surface area contributed by atoms with Crippen LogP contribution in [0.5, 0.6) is 11.5 Å². The van der Waals surface area contributed by atoms with Crippen LogP contribution in [-0.4, -0.2) is 61.1 Å². The Kier molecular flexibility index (Phi) is 12.2. The minimum atomic E-state index is -1.01. The Morgan fingerprint density at radius 1 is 0.897 bits per heavy atom. The van der Waals surface area contributed by atoms with E-state index < -0.39 is 18.2 Å². The zero-order valence-corrected chi connectivity index (χ0v) is 23.1. The van der Waals surface area contributed by atoms with Gasteiger partial charge in [-0.25, -0.2) is 14.0 Å². The third-order valence-electron chi connectivity index (χ3n) is 5.58. The Hall–Kier alpha value is -3.47. The summed E-state index contributed by atoms with van der Waals surface area (Å²) in [6.07, 6.45) is -1.20. The highest BCUT2D eigenvalue weighted by atomic mass is 79.9. The lowest BCUT2D eigenvalue weighted by atomic mass is 10.1. The second kappa shape index (κ2) is 15.8. The van der Waals surface area contributed by atoms with Gasteiger partial charge in [-0.05, 0) is 66.6 Å². The van der Waals surface area contributed by atoms with E-state index in [2.05, 4.69) is 15.9 Å². The fraction of sp³-hybridized carbons (Fsp3) is 0.310. The molecule has 0 saturated heterocycles. The molecule has 1 amide bonds. The molecule has 0 radical (unpaired) electrons. The largest absolute Gasteiger partial charge is 0.492 e. The van der Waals surface area contributed by atoms with Gasteiger partial charge in [-0.1, -0.05) is 40.2 Å². The van der Waals surface area contributed by atoms with Crippen LogP contribution in [0.1, 0.15) is 18.1 Å². The molecule has 0 aromatic heterocycles. The zero-order chi connectivity index (χ0) is 28.0. The first kappa shape index (κ1) is 30.1. The van der Waals surface area contributed by atoms with E-state index in [0.717, 1.165) is 15.6 Å². The van der Waals surface area contributed by atoms with Crippen molar-refractivity contribution in [1.29, 1.82) is 0 Å². The molecule has 3 aromatic carbocycles. The van der Waals surface area contributed by atoms with Crippen LogP contribution in [0.25, 0.3) is 0 Å². The van der Waals surface area contributed by atoms with Crippen molar-refractivity contribution in [2.45, 2.75) is 26.1 Å². The van der Waals surface area contributed by atoms with Crippen LogP contribution in [-0.2, 0) is 27.3 Å². The highest BCUT2D eigenvalue weighted by molar-refractivity contribution is 9.10. The standard InChI is InChI=1S/C29H31BrFNO7/c1-2-37-27(28(33)34)19-21-5-11-25(12-6-21)38-18-16-32(29(35)39-26-13-7-23(30)8-14-26)15-17-36-20-22-3-9-24(31)10-4-22/h3-14,27H,2,15-20H2,1H3,(H,33,34). The minimum Gasteiger partial charge on any atom is -0.492 e. The van der Waals surface area contributed by atoms with Crippen LogP contribution in [0.3, 0.4) is 0 Å². The van der Waals surface area contributed by atoms with Crippen molar-refractivity contribution in [2.24, 2.45) is 0 Å². The van der Waals surface area contributed by atoms with E-state index in [0.29, 0.717) is 18.1 Å². The van der Waals surface area contributed by atoms with E-state index in [1.807, 2.05) is 0 Å². The molecule has 10 heteroatoms. The van der Waals surface area contributed by atoms with Gasteiger partial charge in [-0.15, -0.1) is 0 Å². The predicted octanol–water partition coefficient (Wildman–Crippen LogP) is 5.72. The number of halogens is 2. The van der Waals surface area contributed by atoms with Crippen molar-refractivity contribution < 1.29 is 38.0 Å². The number of rotatable bonds is 15. The van der Waals surface area contributed by atoms with Crippen LogP contribution in [0.4, 0.5) is 9.18 Å². The monoisotopic (exact) mass is 603 g/mol. The van der Waals surface area contributed by atoms with Gasteiger partial charge in [0.15, 0.2) is 6.10 Å². The number of amides is 1. The summed E-state index contributed by atoms with van der Waals surface area (Å²) in [5, 5.41) is 9.27. The average Bonchev–Trinajstić information content (AvgIpc) is 2.92. The topological polar surface area (TPSA) is 94.5 Å². The maximum absolute atomic E-state index is 13.1. The van der Waals surface area contributed by atoms with Crippen molar-refractivity contribution in [3.8, 4) is 11.5 Å². The van der Waals surface area contributed by atoms with Gasteiger partial charge in [-0.2, -0.15) is 0 Å². The number of carbonyl (C=O) groups excluding carboxylic acids is 1. The second-order valence-corrected chi connectivity index (χ2v) is 9.38. The number of benzene rings is 3. The number of ether oxygens (including phenoxy) is 4. The number of carboxylic acid groups (broad SMARTS) is 1. The lowest BCUT2D eigenvalue weighted by Crippen LogP contribution is -2.39. The summed E-state index contributed by atoms with van der Waals surface area (Å²) in [5.41, 5.74) is 1.63. The Balaban J connectivity index is 1.53. The van der Waals surface area contributed by atoms with E-state index >= 15 is 0 Å². The molecule has 3 aromatic rings. The van der Waals surface area contributed by atoms with Crippen molar-refractivity contribution in [2.75, 3.05) is 32.9 Å². The molecule has 1 unspecified atom stereocenters. The molecule has 208 valence electrons. The molecule has 3 rings (SSSR count). The summed E-state index contributed by atoms with van der Waals surface area (Å²) in [7, 11) is 0. The van der Waals surface area contributed by atoms with Crippen molar-refractivity contribution in [3.05, 3.63) is 94.2 Å². The third kappa shape index (κ3) is 10.7. The van der Waals surface area contributed by atoms with Crippen LogP contribution >= 0.6 is 15.9 Å². The summed E-state index contributed by atoms with van der Waals surface area (Å²) in [6.45, 7) is 3.29. The van der Waals surface area contributed by atoms with Crippen LogP contribution in [0.2, 0.25) is 0 Å². The zero-order valence-electron chi connectivity index (χ0n) is 21.6. The van der Waals surface area contributed by atoms with E-state index in [1.54, 1.807) is 67.6 Å². The molecule has 0 spiro atoms. The maximum Gasteiger partial charge on any atom is 0.415 e. The Morgan fingerprint density at radius 3 is 2.15 bits per heavy atom. The number of nitrogens with zero attached hydrogens (tertiary/aromatic N) is 1. The SMILES string of the molecule is CCOC(Cc1ccc(OCCN(CCOCc2ccc(F)cc2)C(=O)Oc2ccc(Br)cc2)cc1)C(=O)O. The molecule has 1 N–H and O–H groups in total. The molecule has 1 atom stereocenters.